The minimum atomic E-state index is -0.583. The highest BCUT2D eigenvalue weighted by molar-refractivity contribution is 5.34. The van der Waals surface area contributed by atoms with Crippen LogP contribution in [0.25, 0.3) is 0 Å². The lowest BCUT2D eigenvalue weighted by Gasteiger charge is -2.33. The molecule has 0 aliphatic carbocycles. The van der Waals surface area contributed by atoms with Crippen molar-refractivity contribution >= 4 is 0 Å². The number of aliphatic hydroxyl groups excluding tert-OH is 1. The fourth-order valence-electron chi connectivity index (χ4n) is 3.11. The van der Waals surface area contributed by atoms with Gasteiger partial charge < -0.3 is 15.7 Å². The van der Waals surface area contributed by atoms with Crippen molar-refractivity contribution in [1.82, 2.24) is 4.90 Å². The molecule has 1 unspecified atom stereocenters. The van der Waals surface area contributed by atoms with E-state index in [-0.39, 0.29) is 0 Å². The second kappa shape index (κ2) is 14.3. The van der Waals surface area contributed by atoms with E-state index >= 15 is 0 Å². The van der Waals surface area contributed by atoms with Gasteiger partial charge in [-0.2, -0.15) is 0 Å². The molecule has 1 atom stereocenters. The second-order valence-electron chi connectivity index (χ2n) is 6.25. The predicted octanol–water partition coefficient (Wildman–Crippen LogP) is 4.75. The quantitative estimate of drug-likeness (QED) is 0.585. The highest BCUT2D eigenvalue weighted by Gasteiger charge is 2.23. The van der Waals surface area contributed by atoms with Gasteiger partial charge in [0.05, 0.1) is 6.10 Å². The van der Waals surface area contributed by atoms with E-state index in [9.17, 15) is 5.11 Å². The maximum atomic E-state index is 10.5. The fraction of sp³-hybridized carbons (Fsp3) is 0.478. The zero-order valence-corrected chi connectivity index (χ0v) is 17.0. The Hall–Kier alpha value is -1.84. The lowest BCUT2D eigenvalue weighted by Crippen LogP contribution is -2.40. The van der Waals surface area contributed by atoms with Crippen LogP contribution in [0.3, 0.4) is 0 Å². The minimum Gasteiger partial charge on any atom is -0.399 e. The number of rotatable bonds is 9. The van der Waals surface area contributed by atoms with Crippen LogP contribution in [0.5, 0.6) is 0 Å². The molecule has 0 bridgehead atoms. The number of allylic oxidation sites excluding steroid dienone is 7. The van der Waals surface area contributed by atoms with E-state index in [1.807, 2.05) is 45.1 Å². The van der Waals surface area contributed by atoms with Crippen molar-refractivity contribution < 1.29 is 5.11 Å². The Labute approximate surface area is 161 Å². The molecule has 1 saturated heterocycles. The standard InChI is InChI=1S/C21H32N2O.C2H6/c1-5-9-17(7-3)15-18-11-13-23(14-12-18)16-21(24)19(10-6-2)20(22)8-4;1-2/h5-10,18,21,24H,1-3,11-16,22H2,4H3;1-2H3/b17-9+,19-10+,20-8+;. The zero-order valence-electron chi connectivity index (χ0n) is 17.0. The van der Waals surface area contributed by atoms with Gasteiger partial charge in [0.25, 0.3) is 0 Å². The van der Waals surface area contributed by atoms with Crippen LogP contribution in [-0.2, 0) is 0 Å². The van der Waals surface area contributed by atoms with Crippen molar-refractivity contribution in [2.24, 2.45) is 11.7 Å². The predicted molar refractivity (Wildman–Crippen MR) is 116 cm³/mol. The van der Waals surface area contributed by atoms with E-state index in [1.54, 1.807) is 12.2 Å². The van der Waals surface area contributed by atoms with E-state index in [4.69, 9.17) is 5.73 Å². The van der Waals surface area contributed by atoms with Crippen LogP contribution < -0.4 is 5.73 Å². The number of β-amino-alcohol motifs (C(OH)–C–C–N with tert-alkyl or cyclic N) is 1. The van der Waals surface area contributed by atoms with Crippen LogP contribution in [0.1, 0.15) is 40.0 Å². The first kappa shape index (κ1) is 24.2. The Bertz CT molecular complexity index is 520. The summed E-state index contributed by atoms with van der Waals surface area (Å²) < 4.78 is 0. The Morgan fingerprint density at radius 3 is 2.19 bits per heavy atom. The third-order valence-electron chi connectivity index (χ3n) is 4.56. The van der Waals surface area contributed by atoms with Gasteiger partial charge in [-0.05, 0) is 50.8 Å². The summed E-state index contributed by atoms with van der Waals surface area (Å²) >= 11 is 0. The molecule has 3 nitrogen and oxygen atoms in total. The highest BCUT2D eigenvalue weighted by Crippen LogP contribution is 2.25. The Morgan fingerprint density at radius 1 is 1.15 bits per heavy atom. The van der Waals surface area contributed by atoms with Gasteiger partial charge in [0.2, 0.25) is 0 Å². The van der Waals surface area contributed by atoms with Crippen molar-refractivity contribution in [3.8, 4) is 0 Å². The molecule has 1 rings (SSSR count). The van der Waals surface area contributed by atoms with Crippen LogP contribution in [0.15, 0.2) is 73.0 Å². The summed E-state index contributed by atoms with van der Waals surface area (Å²) in [6, 6.07) is 0. The molecule has 0 spiro atoms. The summed E-state index contributed by atoms with van der Waals surface area (Å²) in [4.78, 5) is 2.31. The van der Waals surface area contributed by atoms with Gasteiger partial charge in [-0.15, -0.1) is 0 Å². The van der Waals surface area contributed by atoms with Crippen LogP contribution in [-0.4, -0.2) is 35.7 Å². The van der Waals surface area contributed by atoms with Gasteiger partial charge in [-0.3, -0.25) is 0 Å². The Morgan fingerprint density at radius 2 is 1.73 bits per heavy atom. The summed E-state index contributed by atoms with van der Waals surface area (Å²) in [5.74, 6) is 0.673. The van der Waals surface area contributed by atoms with Gasteiger partial charge >= 0.3 is 0 Å². The molecular weight excluding hydrogens is 320 g/mol. The summed E-state index contributed by atoms with van der Waals surface area (Å²) in [7, 11) is 0. The lowest BCUT2D eigenvalue weighted by atomic mass is 9.89. The molecule has 0 saturated carbocycles. The normalized spacial score (nSPS) is 18.5. The summed E-state index contributed by atoms with van der Waals surface area (Å²) in [5.41, 5.74) is 8.58. The summed E-state index contributed by atoms with van der Waals surface area (Å²) in [5, 5.41) is 10.5. The third-order valence-corrected chi connectivity index (χ3v) is 4.56. The first-order chi connectivity index (χ1) is 12.5. The molecule has 0 aromatic rings. The van der Waals surface area contributed by atoms with Crippen LogP contribution >= 0.6 is 0 Å². The van der Waals surface area contributed by atoms with E-state index in [0.717, 1.165) is 37.9 Å². The molecule has 146 valence electrons. The second-order valence-corrected chi connectivity index (χ2v) is 6.25. The number of nitrogens with zero attached hydrogens (tertiary/aromatic N) is 1. The van der Waals surface area contributed by atoms with Crippen LogP contribution in [0.2, 0.25) is 0 Å². The van der Waals surface area contributed by atoms with Gasteiger partial charge in [0.1, 0.15) is 0 Å². The molecule has 0 aromatic heterocycles. The number of nitrogens with two attached hydrogens (primary N) is 1. The highest BCUT2D eigenvalue weighted by atomic mass is 16.3. The minimum absolute atomic E-state index is 0.583. The molecule has 1 aliphatic rings. The van der Waals surface area contributed by atoms with E-state index in [1.165, 1.54) is 5.57 Å². The smallest absolute Gasteiger partial charge is 0.0936 e. The third kappa shape index (κ3) is 8.50. The van der Waals surface area contributed by atoms with Crippen molar-refractivity contribution in [3.63, 3.8) is 0 Å². The summed E-state index contributed by atoms with van der Waals surface area (Å²) in [6.07, 6.45) is 13.8. The number of aliphatic hydroxyl groups is 1. The first-order valence-corrected chi connectivity index (χ1v) is 9.64. The number of likely N-dealkylation sites (tertiary alicyclic amines) is 1. The van der Waals surface area contributed by atoms with E-state index in [0.29, 0.717) is 18.2 Å². The molecule has 3 N–H and O–H groups in total. The molecule has 1 fully saturated rings. The van der Waals surface area contributed by atoms with Gasteiger partial charge in [0.15, 0.2) is 0 Å². The average Bonchev–Trinajstić information content (AvgIpc) is 2.68. The number of piperidine rings is 1. The van der Waals surface area contributed by atoms with Crippen molar-refractivity contribution in [2.45, 2.75) is 46.1 Å². The number of hydrogen-bond acceptors (Lipinski definition) is 3. The molecule has 0 aromatic carbocycles. The maximum Gasteiger partial charge on any atom is 0.0936 e. The van der Waals surface area contributed by atoms with Crippen molar-refractivity contribution in [3.05, 3.63) is 73.0 Å². The molecule has 1 heterocycles. The van der Waals surface area contributed by atoms with Gasteiger partial charge in [-0.1, -0.05) is 70.0 Å². The molecular formula is C23H38N2O. The maximum absolute atomic E-state index is 10.5. The van der Waals surface area contributed by atoms with Crippen molar-refractivity contribution in [1.29, 1.82) is 0 Å². The Balaban J connectivity index is 0.00000301. The van der Waals surface area contributed by atoms with E-state index < -0.39 is 6.10 Å². The lowest BCUT2D eigenvalue weighted by molar-refractivity contribution is 0.110. The molecule has 1 aliphatic heterocycles. The first-order valence-electron chi connectivity index (χ1n) is 9.64. The molecule has 26 heavy (non-hydrogen) atoms. The molecule has 0 amide bonds. The largest absolute Gasteiger partial charge is 0.399 e. The van der Waals surface area contributed by atoms with E-state index in [2.05, 4.69) is 24.6 Å². The Kier molecular flexibility index (Phi) is 13.3. The zero-order chi connectivity index (χ0) is 19.9. The van der Waals surface area contributed by atoms with Gasteiger partial charge in [-0.25, -0.2) is 0 Å². The van der Waals surface area contributed by atoms with Gasteiger partial charge in [0, 0.05) is 17.8 Å². The van der Waals surface area contributed by atoms with Crippen molar-refractivity contribution in [2.75, 3.05) is 19.6 Å². The fourth-order valence-corrected chi connectivity index (χ4v) is 3.11. The summed E-state index contributed by atoms with van der Waals surface area (Å²) in [6.45, 7) is 19.8. The average molecular weight is 359 g/mol. The van der Waals surface area contributed by atoms with Crippen LogP contribution in [0, 0.1) is 5.92 Å². The monoisotopic (exact) mass is 358 g/mol. The molecule has 0 radical (unpaired) electrons. The number of hydrogen-bond donors (Lipinski definition) is 2. The van der Waals surface area contributed by atoms with Crippen LogP contribution in [0.4, 0.5) is 0 Å². The molecule has 3 heteroatoms. The topological polar surface area (TPSA) is 49.5 Å². The SMILES string of the molecule is C=C/C=C(\C=C)CC1CCN(CC(O)C(=C/C=C)/C(N)=C\C)CC1.CC.